The summed E-state index contributed by atoms with van der Waals surface area (Å²) in [5.74, 6) is 0.124. The normalized spacial score (nSPS) is 22.2. The molecule has 112 valence electrons. The highest BCUT2D eigenvalue weighted by molar-refractivity contribution is 6.31. The first kappa shape index (κ1) is 15.5. The van der Waals surface area contributed by atoms with Crippen molar-refractivity contribution in [3.8, 4) is 0 Å². The Morgan fingerprint density at radius 1 is 1.43 bits per heavy atom. The Hall–Kier alpha value is -1.88. The maximum Gasteiger partial charge on any atom is 0.230 e. The molecule has 2 rings (SSSR count). The predicted molar refractivity (Wildman–Crippen MR) is 85.6 cm³/mol. The predicted octanol–water partition coefficient (Wildman–Crippen LogP) is 2.64. The largest absolute Gasteiger partial charge is 0.330 e. The molecule has 0 aromatic heterocycles. The number of nitrogens with zero attached hydrogens (tertiary/aromatic N) is 2. The van der Waals surface area contributed by atoms with Crippen molar-refractivity contribution in [1.29, 1.82) is 10.8 Å². The zero-order valence-corrected chi connectivity index (χ0v) is 13.1. The number of carbonyl (C=O) groups is 1. The minimum absolute atomic E-state index is 0.0784. The van der Waals surface area contributed by atoms with Crippen LogP contribution < -0.4 is 4.90 Å². The second kappa shape index (κ2) is 5.48. The Morgan fingerprint density at radius 2 is 2.10 bits per heavy atom. The van der Waals surface area contributed by atoms with Crippen LogP contribution >= 0.6 is 11.6 Å². The van der Waals surface area contributed by atoms with Crippen molar-refractivity contribution in [2.24, 2.45) is 5.41 Å². The van der Waals surface area contributed by atoms with E-state index in [0.29, 0.717) is 11.6 Å². The van der Waals surface area contributed by atoms with E-state index in [4.69, 9.17) is 22.4 Å². The molecule has 0 aliphatic carbocycles. The maximum absolute atomic E-state index is 12.5. The summed E-state index contributed by atoms with van der Waals surface area (Å²) in [6, 6.07) is 6.53. The fourth-order valence-corrected chi connectivity index (χ4v) is 2.74. The van der Waals surface area contributed by atoms with Crippen LogP contribution in [-0.4, -0.2) is 42.5 Å². The SMILES string of the molecule is CN1C(=O)C(C)(C)CN(c2cccc(Cl)c2)C(=N)C1C=N. The number of amides is 1. The van der Waals surface area contributed by atoms with Gasteiger partial charge < -0.3 is 15.2 Å². The van der Waals surface area contributed by atoms with E-state index >= 15 is 0 Å². The van der Waals surface area contributed by atoms with Gasteiger partial charge in [0.25, 0.3) is 0 Å². The summed E-state index contributed by atoms with van der Waals surface area (Å²) in [7, 11) is 1.63. The first-order valence-electron chi connectivity index (χ1n) is 6.67. The summed E-state index contributed by atoms with van der Waals surface area (Å²) in [4.78, 5) is 15.7. The van der Waals surface area contributed by atoms with Gasteiger partial charge in [-0.3, -0.25) is 10.2 Å². The summed E-state index contributed by atoms with van der Waals surface area (Å²) in [5, 5.41) is 16.5. The molecule has 1 aliphatic heterocycles. The number of amidine groups is 1. The molecule has 1 amide bonds. The van der Waals surface area contributed by atoms with Crippen molar-refractivity contribution < 1.29 is 4.79 Å². The van der Waals surface area contributed by atoms with Crippen LogP contribution in [0.1, 0.15) is 13.8 Å². The first-order chi connectivity index (χ1) is 9.77. The lowest BCUT2D eigenvalue weighted by molar-refractivity contribution is -0.137. The Bertz CT molecular complexity index is 599. The van der Waals surface area contributed by atoms with E-state index in [1.165, 1.54) is 4.90 Å². The lowest BCUT2D eigenvalue weighted by Crippen LogP contribution is -2.46. The Kier molecular flexibility index (Phi) is 4.05. The van der Waals surface area contributed by atoms with Crippen LogP contribution in [0, 0.1) is 16.2 Å². The van der Waals surface area contributed by atoms with Gasteiger partial charge in [0.1, 0.15) is 11.9 Å². The molecule has 0 spiro atoms. The summed E-state index contributed by atoms with van der Waals surface area (Å²) in [6.45, 7) is 4.08. The number of carbonyl (C=O) groups excluding carboxylic acids is 1. The van der Waals surface area contributed by atoms with E-state index < -0.39 is 11.5 Å². The van der Waals surface area contributed by atoms with Crippen molar-refractivity contribution in [3.05, 3.63) is 29.3 Å². The van der Waals surface area contributed by atoms with Gasteiger partial charge in [-0.1, -0.05) is 17.7 Å². The molecule has 1 heterocycles. The Morgan fingerprint density at radius 3 is 2.67 bits per heavy atom. The molecular formula is C15H19ClN4O. The molecule has 0 saturated carbocycles. The third-order valence-electron chi connectivity index (χ3n) is 3.72. The standard InChI is InChI=1S/C15H19ClN4O/c1-15(2)9-20(11-6-4-5-10(16)7-11)13(18)12(8-17)19(3)14(15)21/h4-8,12,17-18H,9H2,1-3H3. The fourth-order valence-electron chi connectivity index (χ4n) is 2.56. The molecule has 0 radical (unpaired) electrons. The van der Waals surface area contributed by atoms with Crippen LogP contribution in [0.3, 0.4) is 0 Å². The van der Waals surface area contributed by atoms with Crippen molar-refractivity contribution >= 4 is 35.2 Å². The van der Waals surface area contributed by atoms with Crippen molar-refractivity contribution in [2.75, 3.05) is 18.5 Å². The number of nitrogens with one attached hydrogen (secondary N) is 2. The van der Waals surface area contributed by atoms with E-state index in [0.717, 1.165) is 11.9 Å². The number of anilines is 1. The monoisotopic (exact) mass is 306 g/mol. The molecule has 21 heavy (non-hydrogen) atoms. The van der Waals surface area contributed by atoms with Crippen molar-refractivity contribution in [3.63, 3.8) is 0 Å². The summed E-state index contributed by atoms with van der Waals surface area (Å²) < 4.78 is 0. The quantitative estimate of drug-likeness (QED) is 0.825. The Labute approximate surface area is 129 Å². The highest BCUT2D eigenvalue weighted by Crippen LogP contribution is 2.30. The summed E-state index contributed by atoms with van der Waals surface area (Å²) in [6.07, 6.45) is 1.12. The van der Waals surface area contributed by atoms with Gasteiger partial charge in [-0.15, -0.1) is 0 Å². The molecule has 1 saturated heterocycles. The minimum Gasteiger partial charge on any atom is -0.330 e. The summed E-state index contributed by atoms with van der Waals surface area (Å²) >= 11 is 6.03. The van der Waals surface area contributed by atoms with E-state index in [9.17, 15) is 4.79 Å². The third kappa shape index (κ3) is 2.78. The lowest BCUT2D eigenvalue weighted by Gasteiger charge is -2.29. The van der Waals surface area contributed by atoms with E-state index in [-0.39, 0.29) is 11.7 Å². The van der Waals surface area contributed by atoms with Gasteiger partial charge in [-0.2, -0.15) is 0 Å². The second-order valence-electron chi connectivity index (χ2n) is 5.86. The average Bonchev–Trinajstić information content (AvgIpc) is 2.49. The number of likely N-dealkylation sites (N-methyl/N-ethyl adjacent to an activating group) is 1. The van der Waals surface area contributed by atoms with Gasteiger partial charge in [0, 0.05) is 30.5 Å². The third-order valence-corrected chi connectivity index (χ3v) is 3.95. The number of benzene rings is 1. The smallest absolute Gasteiger partial charge is 0.230 e. The van der Waals surface area contributed by atoms with Gasteiger partial charge in [0.2, 0.25) is 5.91 Å². The molecule has 1 aliphatic rings. The molecular weight excluding hydrogens is 288 g/mol. The number of halogens is 1. The van der Waals surface area contributed by atoms with Crippen LogP contribution in [0.15, 0.2) is 24.3 Å². The van der Waals surface area contributed by atoms with Gasteiger partial charge in [-0.25, -0.2) is 0 Å². The molecule has 1 aromatic rings. The van der Waals surface area contributed by atoms with Crippen molar-refractivity contribution in [1.82, 2.24) is 4.90 Å². The highest BCUT2D eigenvalue weighted by atomic mass is 35.5. The molecule has 1 atom stereocenters. The van der Waals surface area contributed by atoms with Crippen LogP contribution in [-0.2, 0) is 4.79 Å². The summed E-state index contributed by atoms with van der Waals surface area (Å²) in [5.41, 5.74) is 0.108. The van der Waals surface area contributed by atoms with Gasteiger partial charge >= 0.3 is 0 Å². The average molecular weight is 307 g/mol. The van der Waals surface area contributed by atoms with Crippen molar-refractivity contribution in [2.45, 2.75) is 19.9 Å². The van der Waals surface area contributed by atoms with Gasteiger partial charge in [-0.05, 0) is 32.0 Å². The molecule has 1 aromatic carbocycles. The molecule has 5 nitrogen and oxygen atoms in total. The number of hydrogen-bond donors (Lipinski definition) is 2. The zero-order valence-electron chi connectivity index (χ0n) is 12.4. The minimum atomic E-state index is -0.668. The zero-order chi connectivity index (χ0) is 15.8. The van der Waals surface area contributed by atoms with Crippen LogP contribution in [0.4, 0.5) is 5.69 Å². The maximum atomic E-state index is 12.5. The van der Waals surface area contributed by atoms with E-state index in [2.05, 4.69) is 0 Å². The van der Waals surface area contributed by atoms with Gasteiger partial charge in [0.05, 0.1) is 5.41 Å². The first-order valence-corrected chi connectivity index (χ1v) is 7.05. The van der Waals surface area contributed by atoms with E-state index in [1.54, 1.807) is 24.1 Å². The second-order valence-corrected chi connectivity index (χ2v) is 6.30. The molecule has 1 fully saturated rings. The lowest BCUT2D eigenvalue weighted by atomic mass is 9.91. The molecule has 0 bridgehead atoms. The van der Waals surface area contributed by atoms with Crippen LogP contribution in [0.25, 0.3) is 0 Å². The molecule has 1 unspecified atom stereocenters. The molecule has 6 heteroatoms. The van der Waals surface area contributed by atoms with Crippen LogP contribution in [0.2, 0.25) is 5.02 Å². The topological polar surface area (TPSA) is 71.2 Å². The molecule has 2 N–H and O–H groups in total. The van der Waals surface area contributed by atoms with Crippen LogP contribution in [0.5, 0.6) is 0 Å². The fraction of sp³-hybridized carbons (Fsp3) is 0.400. The Balaban J connectivity index is 2.52. The number of rotatable bonds is 2. The highest BCUT2D eigenvalue weighted by Gasteiger charge is 2.41. The van der Waals surface area contributed by atoms with Gasteiger partial charge in [0.15, 0.2) is 0 Å². The van der Waals surface area contributed by atoms with E-state index in [1.807, 2.05) is 26.0 Å². The number of hydrogen-bond acceptors (Lipinski definition) is 3.